The van der Waals surface area contributed by atoms with Gasteiger partial charge in [0.05, 0.1) is 4.90 Å². The van der Waals surface area contributed by atoms with Crippen LogP contribution in [0.15, 0.2) is 45.9 Å². The highest BCUT2D eigenvalue weighted by Crippen LogP contribution is 2.22. The Morgan fingerprint density at radius 2 is 2.00 bits per heavy atom. The molecule has 0 radical (unpaired) electrons. The summed E-state index contributed by atoms with van der Waals surface area (Å²) in [6.45, 7) is 2.28. The number of halogens is 1. The van der Waals surface area contributed by atoms with Crippen LogP contribution >= 0.6 is 15.9 Å². The van der Waals surface area contributed by atoms with Crippen LogP contribution in [0.2, 0.25) is 0 Å². The van der Waals surface area contributed by atoms with Gasteiger partial charge in [0.15, 0.2) is 0 Å². The third-order valence-corrected chi connectivity index (χ3v) is 4.78. The van der Waals surface area contributed by atoms with Gasteiger partial charge in [0.2, 0.25) is 0 Å². The molecule has 1 aromatic carbocycles. The number of aryl methyl sites for hydroxylation is 1. The number of rotatable bonds is 5. The first kappa shape index (κ1) is 15.9. The van der Waals surface area contributed by atoms with E-state index >= 15 is 0 Å². The zero-order chi connectivity index (χ0) is 15.5. The van der Waals surface area contributed by atoms with Crippen molar-refractivity contribution in [2.45, 2.75) is 18.4 Å². The lowest BCUT2D eigenvalue weighted by atomic mass is 10.2. The van der Waals surface area contributed by atoms with Gasteiger partial charge >= 0.3 is 0 Å². The molecule has 0 aliphatic heterocycles. The lowest BCUT2D eigenvalue weighted by Gasteiger charge is -2.13. The Hall–Kier alpha value is -1.44. The first-order chi connectivity index (χ1) is 9.94. The quantitative estimate of drug-likeness (QED) is 0.849. The zero-order valence-electron chi connectivity index (χ0n) is 11.7. The van der Waals surface area contributed by atoms with Gasteiger partial charge in [-0.25, -0.2) is 13.4 Å². The summed E-state index contributed by atoms with van der Waals surface area (Å²) < 4.78 is 28.4. The Bertz CT molecular complexity index is 748. The van der Waals surface area contributed by atoms with Crippen molar-refractivity contribution in [3.63, 3.8) is 0 Å². The van der Waals surface area contributed by atoms with E-state index in [4.69, 9.17) is 0 Å². The van der Waals surface area contributed by atoms with Crippen molar-refractivity contribution >= 4 is 31.8 Å². The monoisotopic (exact) mass is 369 g/mol. The molecule has 0 fully saturated rings. The second-order valence-corrected chi connectivity index (χ2v) is 7.13. The number of nitrogens with one attached hydrogen (secondary N) is 2. The molecule has 0 spiro atoms. The number of pyridine rings is 1. The summed E-state index contributed by atoms with van der Waals surface area (Å²) in [4.78, 5) is 4.36. The molecule has 0 unspecified atom stereocenters. The zero-order valence-corrected chi connectivity index (χ0v) is 14.1. The van der Waals surface area contributed by atoms with Crippen molar-refractivity contribution in [3.05, 3.63) is 52.1 Å². The van der Waals surface area contributed by atoms with E-state index in [9.17, 15) is 8.42 Å². The van der Waals surface area contributed by atoms with Crippen molar-refractivity contribution in [1.82, 2.24) is 10.3 Å². The van der Waals surface area contributed by atoms with Crippen LogP contribution in [0.4, 0.5) is 5.82 Å². The summed E-state index contributed by atoms with van der Waals surface area (Å²) in [7, 11) is -1.89. The number of hydrogen-bond acceptors (Lipinski definition) is 4. The Morgan fingerprint density at radius 1 is 1.29 bits per heavy atom. The van der Waals surface area contributed by atoms with Crippen LogP contribution < -0.4 is 10.0 Å². The van der Waals surface area contributed by atoms with E-state index in [1.165, 1.54) is 0 Å². The Morgan fingerprint density at radius 3 is 2.67 bits per heavy atom. The molecular formula is C14H16BrN3O2S. The second kappa shape index (κ2) is 6.55. The summed E-state index contributed by atoms with van der Waals surface area (Å²) in [5.74, 6) is 0.331. The molecule has 112 valence electrons. The lowest BCUT2D eigenvalue weighted by molar-refractivity contribution is 0.599. The number of anilines is 1. The molecule has 2 rings (SSSR count). The van der Waals surface area contributed by atoms with Gasteiger partial charge in [-0.3, -0.25) is 4.72 Å². The lowest BCUT2D eigenvalue weighted by Crippen LogP contribution is -2.18. The number of nitrogens with zero attached hydrogens (tertiary/aromatic N) is 1. The maximum Gasteiger partial charge on any atom is 0.263 e. The molecule has 0 amide bonds. The molecule has 0 bridgehead atoms. The summed E-state index contributed by atoms with van der Waals surface area (Å²) in [6.07, 6.45) is 1.56. The number of hydrogen-bond donors (Lipinski definition) is 2. The van der Waals surface area contributed by atoms with Crippen molar-refractivity contribution in [2.24, 2.45) is 0 Å². The van der Waals surface area contributed by atoms with E-state index in [0.717, 1.165) is 10.0 Å². The van der Waals surface area contributed by atoms with Crippen molar-refractivity contribution in [1.29, 1.82) is 0 Å². The van der Waals surface area contributed by atoms with Crippen LogP contribution in [0.5, 0.6) is 0 Å². The highest BCUT2D eigenvalue weighted by Gasteiger charge is 2.19. The Labute approximate surface area is 133 Å². The van der Waals surface area contributed by atoms with Crippen molar-refractivity contribution < 1.29 is 8.42 Å². The number of aromatic nitrogens is 1. The Kier molecular flexibility index (Phi) is 4.97. The molecule has 0 saturated heterocycles. The molecule has 1 aromatic heterocycles. The molecule has 7 heteroatoms. The van der Waals surface area contributed by atoms with E-state index in [2.05, 4.69) is 31.0 Å². The third-order valence-electron chi connectivity index (χ3n) is 2.91. The third kappa shape index (κ3) is 3.81. The topological polar surface area (TPSA) is 71.1 Å². The fraction of sp³-hybridized carbons (Fsp3) is 0.214. The minimum atomic E-state index is -3.67. The van der Waals surface area contributed by atoms with Crippen molar-refractivity contribution in [2.75, 3.05) is 11.8 Å². The number of sulfonamides is 1. The van der Waals surface area contributed by atoms with Gasteiger partial charge in [0.25, 0.3) is 10.0 Å². The first-order valence-corrected chi connectivity index (χ1v) is 8.59. The van der Waals surface area contributed by atoms with Gasteiger partial charge in [-0.1, -0.05) is 18.2 Å². The minimum Gasteiger partial charge on any atom is -0.316 e. The molecule has 21 heavy (non-hydrogen) atoms. The highest BCUT2D eigenvalue weighted by atomic mass is 79.9. The van der Waals surface area contributed by atoms with Crippen LogP contribution in [-0.2, 0) is 16.6 Å². The fourth-order valence-corrected chi connectivity index (χ4v) is 3.70. The summed E-state index contributed by atoms with van der Waals surface area (Å²) in [6, 6.07) is 8.70. The summed E-state index contributed by atoms with van der Waals surface area (Å²) >= 11 is 3.30. The minimum absolute atomic E-state index is 0.253. The molecule has 0 aliphatic rings. The van der Waals surface area contributed by atoms with E-state index in [1.54, 1.807) is 38.4 Å². The van der Waals surface area contributed by atoms with E-state index in [1.807, 2.05) is 12.1 Å². The molecule has 2 aromatic rings. The SMILES string of the molecule is CNCc1ccccc1S(=O)(=O)Nc1ncc(Br)cc1C. The van der Waals surface area contributed by atoms with Crippen LogP contribution in [0, 0.1) is 6.92 Å². The van der Waals surface area contributed by atoms with Gasteiger partial charge in [-0.2, -0.15) is 0 Å². The van der Waals surface area contributed by atoms with E-state index in [-0.39, 0.29) is 4.90 Å². The standard InChI is InChI=1S/C14H16BrN3O2S/c1-10-7-12(15)9-17-14(10)18-21(19,20)13-6-4-3-5-11(13)8-16-2/h3-7,9,16H,8H2,1-2H3,(H,17,18). The maximum atomic E-state index is 12.5. The van der Waals surface area contributed by atoms with Gasteiger partial charge in [-0.05, 0) is 53.2 Å². The van der Waals surface area contributed by atoms with Crippen LogP contribution in [0.25, 0.3) is 0 Å². The molecular weight excluding hydrogens is 354 g/mol. The normalized spacial score (nSPS) is 11.4. The summed E-state index contributed by atoms with van der Waals surface area (Å²) in [5, 5.41) is 2.97. The average Bonchev–Trinajstić information content (AvgIpc) is 2.43. The molecule has 0 atom stereocenters. The van der Waals surface area contributed by atoms with Crippen LogP contribution in [-0.4, -0.2) is 20.4 Å². The van der Waals surface area contributed by atoms with Gasteiger partial charge in [0, 0.05) is 17.2 Å². The molecule has 5 nitrogen and oxygen atoms in total. The predicted molar refractivity (Wildman–Crippen MR) is 86.7 cm³/mol. The predicted octanol–water partition coefficient (Wildman–Crippen LogP) is 2.67. The van der Waals surface area contributed by atoms with E-state index < -0.39 is 10.0 Å². The number of benzene rings is 1. The van der Waals surface area contributed by atoms with Crippen LogP contribution in [0.1, 0.15) is 11.1 Å². The largest absolute Gasteiger partial charge is 0.316 e. The smallest absolute Gasteiger partial charge is 0.263 e. The van der Waals surface area contributed by atoms with Gasteiger partial charge in [-0.15, -0.1) is 0 Å². The van der Waals surface area contributed by atoms with E-state index in [0.29, 0.717) is 17.9 Å². The first-order valence-electron chi connectivity index (χ1n) is 6.31. The molecule has 0 aliphatic carbocycles. The highest BCUT2D eigenvalue weighted by molar-refractivity contribution is 9.10. The van der Waals surface area contributed by atoms with Crippen LogP contribution in [0.3, 0.4) is 0 Å². The van der Waals surface area contributed by atoms with Gasteiger partial charge in [0.1, 0.15) is 5.82 Å². The maximum absolute atomic E-state index is 12.5. The molecule has 2 N–H and O–H groups in total. The average molecular weight is 370 g/mol. The fourth-order valence-electron chi connectivity index (χ4n) is 1.93. The Balaban J connectivity index is 2.39. The molecule has 1 heterocycles. The van der Waals surface area contributed by atoms with Gasteiger partial charge < -0.3 is 5.32 Å². The van der Waals surface area contributed by atoms with Crippen molar-refractivity contribution in [3.8, 4) is 0 Å². The molecule has 0 saturated carbocycles. The summed E-state index contributed by atoms with van der Waals surface area (Å²) in [5.41, 5.74) is 1.46. The second-order valence-electron chi connectivity index (χ2n) is 4.56.